The second kappa shape index (κ2) is 3.70. The number of anilines is 1. The van der Waals surface area contributed by atoms with Crippen LogP contribution in [-0.2, 0) is 10.0 Å². The van der Waals surface area contributed by atoms with Crippen molar-refractivity contribution in [3.8, 4) is 0 Å². The van der Waals surface area contributed by atoms with Crippen LogP contribution in [0.4, 0.5) is 5.69 Å². The molecule has 0 amide bonds. The number of benzene rings is 1. The number of aromatic nitrogens is 1. The molecule has 0 N–H and O–H groups in total. The van der Waals surface area contributed by atoms with Crippen molar-refractivity contribution in [1.29, 1.82) is 0 Å². The van der Waals surface area contributed by atoms with E-state index in [4.69, 9.17) is 0 Å². The van der Waals surface area contributed by atoms with Crippen LogP contribution in [0.3, 0.4) is 0 Å². The van der Waals surface area contributed by atoms with Gasteiger partial charge in [-0.05, 0) is 30.7 Å². The molecule has 0 spiro atoms. The van der Waals surface area contributed by atoms with Gasteiger partial charge in [0, 0.05) is 18.1 Å². The molecule has 0 aliphatic carbocycles. The summed E-state index contributed by atoms with van der Waals surface area (Å²) in [6, 6.07) is 9.31. The average Bonchev–Trinajstić information content (AvgIpc) is 2.68. The molecule has 1 fully saturated rings. The SMILES string of the molecule is O=S1(=O)CCCN1c1cccc2ncccc12. The van der Waals surface area contributed by atoms with E-state index in [1.807, 2.05) is 30.3 Å². The zero-order chi connectivity index (χ0) is 11.9. The molecule has 4 nitrogen and oxygen atoms in total. The van der Waals surface area contributed by atoms with Crippen LogP contribution in [0.25, 0.3) is 10.9 Å². The molecule has 0 unspecified atom stereocenters. The fourth-order valence-electron chi connectivity index (χ4n) is 2.21. The zero-order valence-corrected chi connectivity index (χ0v) is 10.0. The van der Waals surface area contributed by atoms with Crippen LogP contribution < -0.4 is 4.31 Å². The van der Waals surface area contributed by atoms with Gasteiger partial charge < -0.3 is 0 Å². The Balaban J connectivity index is 2.24. The number of pyridine rings is 1. The zero-order valence-electron chi connectivity index (χ0n) is 9.20. The normalized spacial score (nSPS) is 18.7. The van der Waals surface area contributed by atoms with E-state index < -0.39 is 10.0 Å². The summed E-state index contributed by atoms with van der Waals surface area (Å²) in [5, 5.41) is 0.889. The molecule has 0 bridgehead atoms. The molecule has 1 saturated heterocycles. The van der Waals surface area contributed by atoms with E-state index in [0.29, 0.717) is 13.0 Å². The monoisotopic (exact) mass is 248 g/mol. The predicted molar refractivity (Wildman–Crippen MR) is 67.5 cm³/mol. The lowest BCUT2D eigenvalue weighted by molar-refractivity contribution is 0.599. The first-order chi connectivity index (χ1) is 8.18. The Morgan fingerprint density at radius 1 is 1.18 bits per heavy atom. The van der Waals surface area contributed by atoms with E-state index in [-0.39, 0.29) is 5.75 Å². The minimum absolute atomic E-state index is 0.240. The minimum Gasteiger partial charge on any atom is -0.270 e. The summed E-state index contributed by atoms with van der Waals surface area (Å²) in [4.78, 5) is 4.24. The van der Waals surface area contributed by atoms with E-state index >= 15 is 0 Å². The third-order valence-electron chi connectivity index (χ3n) is 2.99. The van der Waals surface area contributed by atoms with E-state index in [0.717, 1.165) is 16.6 Å². The first kappa shape index (κ1) is 10.5. The molecular formula is C12H12N2O2S. The van der Waals surface area contributed by atoms with E-state index in [2.05, 4.69) is 4.98 Å². The number of rotatable bonds is 1. The molecule has 0 atom stereocenters. The van der Waals surface area contributed by atoms with Gasteiger partial charge in [0.25, 0.3) is 0 Å². The number of hydrogen-bond acceptors (Lipinski definition) is 3. The molecule has 1 aliphatic rings. The molecule has 2 heterocycles. The first-order valence-corrected chi connectivity index (χ1v) is 7.13. The van der Waals surface area contributed by atoms with Crippen molar-refractivity contribution in [3.63, 3.8) is 0 Å². The summed E-state index contributed by atoms with van der Waals surface area (Å²) < 4.78 is 25.3. The van der Waals surface area contributed by atoms with Crippen LogP contribution in [0.2, 0.25) is 0 Å². The van der Waals surface area contributed by atoms with Gasteiger partial charge in [0.2, 0.25) is 10.0 Å². The van der Waals surface area contributed by atoms with Gasteiger partial charge in [0.05, 0.1) is 17.0 Å². The number of hydrogen-bond donors (Lipinski definition) is 0. The third kappa shape index (κ3) is 1.67. The van der Waals surface area contributed by atoms with Gasteiger partial charge in [0.1, 0.15) is 0 Å². The quantitative estimate of drug-likeness (QED) is 0.773. The Bertz CT molecular complexity index is 662. The largest absolute Gasteiger partial charge is 0.270 e. The minimum atomic E-state index is -3.13. The molecular weight excluding hydrogens is 236 g/mol. The van der Waals surface area contributed by atoms with Gasteiger partial charge in [0.15, 0.2) is 0 Å². The molecule has 3 rings (SSSR count). The van der Waals surface area contributed by atoms with Crippen molar-refractivity contribution < 1.29 is 8.42 Å². The van der Waals surface area contributed by atoms with Crippen molar-refractivity contribution in [2.24, 2.45) is 0 Å². The summed E-state index contributed by atoms with van der Waals surface area (Å²) in [6.45, 7) is 0.566. The Hall–Kier alpha value is -1.62. The standard InChI is InChI=1S/C12H12N2O2S/c15-17(16)9-3-8-14(17)12-6-1-5-11-10(12)4-2-7-13-11/h1-2,4-7H,3,8-9H2. The Morgan fingerprint density at radius 2 is 2.06 bits per heavy atom. The molecule has 88 valence electrons. The van der Waals surface area contributed by atoms with Crippen molar-refractivity contribution >= 4 is 26.6 Å². The van der Waals surface area contributed by atoms with Crippen LogP contribution in [0.5, 0.6) is 0 Å². The van der Waals surface area contributed by atoms with E-state index in [1.54, 1.807) is 6.20 Å². The molecule has 17 heavy (non-hydrogen) atoms. The van der Waals surface area contributed by atoms with Crippen molar-refractivity contribution in [2.45, 2.75) is 6.42 Å². The lowest BCUT2D eigenvalue weighted by Crippen LogP contribution is -2.25. The van der Waals surface area contributed by atoms with Crippen molar-refractivity contribution in [3.05, 3.63) is 36.5 Å². The summed E-state index contributed by atoms with van der Waals surface area (Å²) in [6.07, 6.45) is 2.41. The first-order valence-electron chi connectivity index (χ1n) is 5.53. The highest BCUT2D eigenvalue weighted by atomic mass is 32.2. The summed E-state index contributed by atoms with van der Waals surface area (Å²) >= 11 is 0. The van der Waals surface area contributed by atoms with Crippen molar-refractivity contribution in [2.75, 3.05) is 16.6 Å². The summed E-state index contributed by atoms with van der Waals surface area (Å²) in [7, 11) is -3.13. The number of sulfonamides is 1. The van der Waals surface area contributed by atoms with Gasteiger partial charge in [-0.25, -0.2) is 8.42 Å². The second-order valence-electron chi connectivity index (χ2n) is 4.09. The maximum absolute atomic E-state index is 11.9. The van der Waals surface area contributed by atoms with Gasteiger partial charge in [-0.15, -0.1) is 0 Å². The van der Waals surface area contributed by atoms with E-state index in [1.165, 1.54) is 4.31 Å². The molecule has 1 aliphatic heterocycles. The number of nitrogens with zero attached hydrogens (tertiary/aromatic N) is 2. The maximum atomic E-state index is 11.9. The second-order valence-corrected chi connectivity index (χ2v) is 6.10. The third-order valence-corrected chi connectivity index (χ3v) is 4.85. The molecule has 1 aromatic heterocycles. The molecule has 1 aromatic carbocycles. The molecule has 0 radical (unpaired) electrons. The fourth-order valence-corrected chi connectivity index (χ4v) is 3.80. The maximum Gasteiger partial charge on any atom is 0.235 e. The van der Waals surface area contributed by atoms with Crippen LogP contribution in [-0.4, -0.2) is 25.7 Å². The van der Waals surface area contributed by atoms with E-state index in [9.17, 15) is 8.42 Å². The fraction of sp³-hybridized carbons (Fsp3) is 0.250. The lowest BCUT2D eigenvalue weighted by atomic mass is 10.2. The van der Waals surface area contributed by atoms with Gasteiger partial charge in [-0.3, -0.25) is 9.29 Å². The highest BCUT2D eigenvalue weighted by Gasteiger charge is 2.29. The highest BCUT2D eigenvalue weighted by molar-refractivity contribution is 7.93. The van der Waals surface area contributed by atoms with Crippen LogP contribution >= 0.6 is 0 Å². The van der Waals surface area contributed by atoms with Gasteiger partial charge >= 0.3 is 0 Å². The molecule has 0 saturated carbocycles. The molecule has 5 heteroatoms. The van der Waals surface area contributed by atoms with Crippen LogP contribution in [0.1, 0.15) is 6.42 Å². The predicted octanol–water partition coefficient (Wildman–Crippen LogP) is 1.77. The lowest BCUT2D eigenvalue weighted by Gasteiger charge is -2.18. The highest BCUT2D eigenvalue weighted by Crippen LogP contribution is 2.30. The van der Waals surface area contributed by atoms with Crippen LogP contribution in [0.15, 0.2) is 36.5 Å². The Kier molecular flexibility index (Phi) is 2.29. The van der Waals surface area contributed by atoms with Crippen LogP contribution in [0, 0.1) is 0 Å². The average molecular weight is 248 g/mol. The van der Waals surface area contributed by atoms with Gasteiger partial charge in [-0.2, -0.15) is 0 Å². The van der Waals surface area contributed by atoms with Gasteiger partial charge in [-0.1, -0.05) is 6.07 Å². The topological polar surface area (TPSA) is 50.3 Å². The Labute approximate surface area is 99.9 Å². The van der Waals surface area contributed by atoms with Crippen molar-refractivity contribution in [1.82, 2.24) is 4.98 Å². The summed E-state index contributed by atoms with van der Waals surface area (Å²) in [5.41, 5.74) is 1.57. The number of fused-ring (bicyclic) bond motifs is 1. The summed E-state index contributed by atoms with van der Waals surface area (Å²) in [5.74, 6) is 0.240. The smallest absolute Gasteiger partial charge is 0.235 e. The Morgan fingerprint density at radius 3 is 2.82 bits per heavy atom. The molecule has 2 aromatic rings.